The Morgan fingerprint density at radius 1 is 1.20 bits per heavy atom. The van der Waals surface area contributed by atoms with Gasteiger partial charge in [-0.1, -0.05) is 23.9 Å². The highest BCUT2D eigenvalue weighted by Crippen LogP contribution is 2.25. The fraction of sp³-hybridized carbons (Fsp3) is 0.435. The Bertz CT molecular complexity index is 1060. The van der Waals surface area contributed by atoms with Gasteiger partial charge in [-0.25, -0.2) is 0 Å². The number of ketones is 1. The van der Waals surface area contributed by atoms with Crippen molar-refractivity contribution in [3.8, 4) is 5.69 Å². The van der Waals surface area contributed by atoms with Crippen molar-refractivity contribution >= 4 is 17.5 Å². The summed E-state index contributed by atoms with van der Waals surface area (Å²) in [6.45, 7) is 9.74. The maximum Gasteiger partial charge on any atom is 0.196 e. The van der Waals surface area contributed by atoms with Crippen molar-refractivity contribution in [2.45, 2.75) is 58.3 Å². The molecule has 1 fully saturated rings. The third kappa shape index (κ3) is 4.23. The first-order chi connectivity index (χ1) is 14.4. The van der Waals surface area contributed by atoms with Crippen LogP contribution in [0.1, 0.15) is 46.0 Å². The lowest BCUT2D eigenvalue weighted by Crippen LogP contribution is -2.17. The lowest BCUT2D eigenvalue weighted by Gasteiger charge is -2.14. The molecule has 0 amide bonds. The van der Waals surface area contributed by atoms with E-state index in [0.717, 1.165) is 59.6 Å². The standard InChI is InChI=1S/C23H28N4O2S/c1-15-7-5-8-19(11-15)27-18(4)24-25-23(27)30-14-22(28)21-12-16(2)26(17(21)3)13-20-9-6-10-29-20/h5,7-8,11-12,20H,6,9-10,13-14H2,1-4H3. The van der Waals surface area contributed by atoms with Gasteiger partial charge in [-0.05, 0) is 64.3 Å². The molecule has 1 atom stereocenters. The molecule has 30 heavy (non-hydrogen) atoms. The van der Waals surface area contributed by atoms with E-state index in [2.05, 4.69) is 40.7 Å². The molecule has 1 aliphatic rings. The van der Waals surface area contributed by atoms with Crippen molar-refractivity contribution in [3.63, 3.8) is 0 Å². The number of rotatable bonds is 7. The van der Waals surface area contributed by atoms with Gasteiger partial charge >= 0.3 is 0 Å². The first kappa shape index (κ1) is 20.9. The van der Waals surface area contributed by atoms with Crippen LogP contribution < -0.4 is 0 Å². The van der Waals surface area contributed by atoms with Crippen LogP contribution in [0.4, 0.5) is 0 Å². The first-order valence-electron chi connectivity index (χ1n) is 10.4. The molecular weight excluding hydrogens is 396 g/mol. The monoisotopic (exact) mass is 424 g/mol. The fourth-order valence-electron chi connectivity index (χ4n) is 4.06. The van der Waals surface area contributed by atoms with E-state index < -0.39 is 0 Å². The number of carbonyl (C=O) groups excluding carboxylic acids is 1. The van der Waals surface area contributed by atoms with Crippen LogP contribution in [-0.4, -0.2) is 43.6 Å². The van der Waals surface area contributed by atoms with Gasteiger partial charge in [-0.2, -0.15) is 0 Å². The Morgan fingerprint density at radius 3 is 2.77 bits per heavy atom. The molecule has 3 heterocycles. The van der Waals surface area contributed by atoms with Crippen LogP contribution in [0.15, 0.2) is 35.5 Å². The number of Topliss-reactive ketones (excluding diaryl/α,β-unsaturated/α-hetero) is 1. The van der Waals surface area contributed by atoms with Gasteiger partial charge in [-0.3, -0.25) is 9.36 Å². The van der Waals surface area contributed by atoms with Crippen LogP contribution in [0.5, 0.6) is 0 Å². The maximum absolute atomic E-state index is 13.0. The zero-order chi connectivity index (χ0) is 21.3. The minimum absolute atomic E-state index is 0.114. The van der Waals surface area contributed by atoms with Crippen LogP contribution in [0.2, 0.25) is 0 Å². The van der Waals surface area contributed by atoms with Gasteiger partial charge in [-0.15, -0.1) is 10.2 Å². The van der Waals surface area contributed by atoms with E-state index in [1.807, 2.05) is 36.6 Å². The van der Waals surface area contributed by atoms with E-state index in [4.69, 9.17) is 4.74 Å². The highest BCUT2D eigenvalue weighted by Gasteiger charge is 2.22. The molecule has 2 aromatic heterocycles. The first-order valence-corrected chi connectivity index (χ1v) is 11.4. The summed E-state index contributed by atoms with van der Waals surface area (Å²) < 4.78 is 10.0. The number of aryl methyl sites for hydroxylation is 3. The number of hydrogen-bond acceptors (Lipinski definition) is 5. The molecule has 0 radical (unpaired) electrons. The van der Waals surface area contributed by atoms with Gasteiger partial charge < -0.3 is 9.30 Å². The van der Waals surface area contributed by atoms with E-state index in [9.17, 15) is 4.79 Å². The van der Waals surface area contributed by atoms with Crippen molar-refractivity contribution in [1.82, 2.24) is 19.3 Å². The summed E-state index contributed by atoms with van der Waals surface area (Å²) in [5.74, 6) is 1.25. The van der Waals surface area contributed by atoms with Gasteiger partial charge in [0.05, 0.1) is 11.9 Å². The Morgan fingerprint density at radius 2 is 2.03 bits per heavy atom. The van der Waals surface area contributed by atoms with E-state index in [0.29, 0.717) is 5.75 Å². The van der Waals surface area contributed by atoms with Crippen LogP contribution in [0, 0.1) is 27.7 Å². The molecule has 0 bridgehead atoms. The van der Waals surface area contributed by atoms with Gasteiger partial charge in [0.1, 0.15) is 5.82 Å². The predicted molar refractivity (Wildman–Crippen MR) is 119 cm³/mol. The number of thioether (sulfide) groups is 1. The molecule has 4 rings (SSSR count). The number of benzene rings is 1. The average Bonchev–Trinajstić information content (AvgIpc) is 3.43. The van der Waals surface area contributed by atoms with Crippen LogP contribution in [0.3, 0.4) is 0 Å². The molecule has 0 aliphatic carbocycles. The highest BCUT2D eigenvalue weighted by molar-refractivity contribution is 7.99. The minimum atomic E-state index is 0.114. The molecule has 0 spiro atoms. The summed E-state index contributed by atoms with van der Waals surface area (Å²) in [5.41, 5.74) is 5.10. The molecule has 7 heteroatoms. The topological polar surface area (TPSA) is 61.9 Å². The summed E-state index contributed by atoms with van der Waals surface area (Å²) in [4.78, 5) is 13.0. The van der Waals surface area contributed by atoms with Crippen LogP contribution >= 0.6 is 11.8 Å². The molecule has 1 aliphatic heterocycles. The van der Waals surface area contributed by atoms with E-state index in [1.54, 1.807) is 0 Å². The van der Waals surface area contributed by atoms with Crippen molar-refractivity contribution in [1.29, 1.82) is 0 Å². The Hall–Kier alpha value is -2.38. The van der Waals surface area contributed by atoms with Crippen LogP contribution in [-0.2, 0) is 11.3 Å². The third-order valence-electron chi connectivity index (χ3n) is 5.67. The molecular formula is C23H28N4O2S. The summed E-state index contributed by atoms with van der Waals surface area (Å²) in [6, 6.07) is 10.2. The van der Waals surface area contributed by atoms with Gasteiger partial charge in [0.15, 0.2) is 10.9 Å². The van der Waals surface area contributed by atoms with Gasteiger partial charge in [0.25, 0.3) is 0 Å². The fourth-order valence-corrected chi connectivity index (χ4v) is 4.95. The van der Waals surface area contributed by atoms with Gasteiger partial charge in [0.2, 0.25) is 0 Å². The van der Waals surface area contributed by atoms with Gasteiger partial charge in [0, 0.05) is 35.8 Å². The third-order valence-corrected chi connectivity index (χ3v) is 6.60. The number of aromatic nitrogens is 4. The Kier molecular flexibility index (Phi) is 6.11. The number of carbonyl (C=O) groups is 1. The maximum atomic E-state index is 13.0. The second-order valence-electron chi connectivity index (χ2n) is 7.95. The minimum Gasteiger partial charge on any atom is -0.376 e. The smallest absolute Gasteiger partial charge is 0.196 e. The number of nitrogens with zero attached hydrogens (tertiary/aromatic N) is 4. The summed E-state index contributed by atoms with van der Waals surface area (Å²) in [5, 5.41) is 9.27. The van der Waals surface area contributed by atoms with Crippen molar-refractivity contribution in [3.05, 3.63) is 58.7 Å². The zero-order valence-corrected chi connectivity index (χ0v) is 18.8. The summed E-state index contributed by atoms with van der Waals surface area (Å²) in [6.07, 6.45) is 2.46. The van der Waals surface area contributed by atoms with Crippen molar-refractivity contribution in [2.75, 3.05) is 12.4 Å². The van der Waals surface area contributed by atoms with Crippen molar-refractivity contribution < 1.29 is 9.53 Å². The van der Waals surface area contributed by atoms with E-state index >= 15 is 0 Å². The summed E-state index contributed by atoms with van der Waals surface area (Å²) in [7, 11) is 0. The number of hydrogen-bond donors (Lipinski definition) is 0. The second kappa shape index (κ2) is 8.78. The van der Waals surface area contributed by atoms with E-state index in [-0.39, 0.29) is 11.9 Å². The molecule has 0 saturated carbocycles. The lowest BCUT2D eigenvalue weighted by atomic mass is 10.2. The molecule has 1 saturated heterocycles. The van der Waals surface area contributed by atoms with Crippen LogP contribution in [0.25, 0.3) is 5.69 Å². The highest BCUT2D eigenvalue weighted by atomic mass is 32.2. The number of ether oxygens (including phenoxy) is 1. The van der Waals surface area contributed by atoms with E-state index in [1.165, 1.54) is 17.3 Å². The molecule has 1 aromatic carbocycles. The SMILES string of the molecule is Cc1cccc(-n2c(C)nnc2SCC(=O)c2cc(C)n(CC3CCCO3)c2C)c1. The predicted octanol–water partition coefficient (Wildman–Crippen LogP) is 4.46. The molecule has 3 aromatic rings. The zero-order valence-electron chi connectivity index (χ0n) is 18.0. The lowest BCUT2D eigenvalue weighted by molar-refractivity contribution is 0.0957. The largest absolute Gasteiger partial charge is 0.376 e. The quantitative estimate of drug-likeness (QED) is 0.414. The Balaban J connectivity index is 1.50. The molecule has 1 unspecified atom stereocenters. The average molecular weight is 425 g/mol. The Labute approximate surface area is 181 Å². The molecule has 0 N–H and O–H groups in total. The molecule has 6 nitrogen and oxygen atoms in total. The molecule has 158 valence electrons. The van der Waals surface area contributed by atoms with Crippen molar-refractivity contribution in [2.24, 2.45) is 0 Å². The second-order valence-corrected chi connectivity index (χ2v) is 8.89. The normalized spacial score (nSPS) is 16.3. The summed E-state index contributed by atoms with van der Waals surface area (Å²) >= 11 is 1.43.